The van der Waals surface area contributed by atoms with Crippen LogP contribution in [0.25, 0.3) is 0 Å². The van der Waals surface area contributed by atoms with Crippen molar-refractivity contribution in [2.45, 2.75) is 13.0 Å². The van der Waals surface area contributed by atoms with Crippen molar-refractivity contribution in [3.05, 3.63) is 29.8 Å². The molecule has 0 bridgehead atoms. The Bertz CT molecular complexity index is 442. The van der Waals surface area contributed by atoms with Gasteiger partial charge < -0.3 is 10.1 Å². The second-order valence-electron chi connectivity index (χ2n) is 4.46. The predicted octanol–water partition coefficient (Wildman–Crippen LogP) is 0.671. The molecule has 0 aliphatic carbocycles. The molecule has 1 aromatic heterocycles. The van der Waals surface area contributed by atoms with Gasteiger partial charge in [0.1, 0.15) is 0 Å². The molecule has 1 fully saturated rings. The van der Waals surface area contributed by atoms with Crippen molar-refractivity contribution < 1.29 is 13.9 Å². The van der Waals surface area contributed by atoms with Crippen LogP contribution in [0.5, 0.6) is 0 Å². The van der Waals surface area contributed by atoms with Gasteiger partial charge in [-0.25, -0.2) is 4.98 Å². The fraction of sp³-hybridized carbons (Fsp3) is 0.538. The van der Waals surface area contributed by atoms with Gasteiger partial charge in [-0.2, -0.15) is 4.39 Å². The van der Waals surface area contributed by atoms with Gasteiger partial charge in [0.15, 0.2) is 0 Å². The molecule has 2 heterocycles. The standard InChI is InChI=1S/C13H18FN3O2/c1-2-17-5-6-19-11(9-17)8-16-13(18)10-3-4-15-12(14)7-10/h3-4,7,11H,2,5-6,8-9H2,1H3,(H,16,18). The lowest BCUT2D eigenvalue weighted by Crippen LogP contribution is -2.47. The Labute approximate surface area is 111 Å². The van der Waals surface area contributed by atoms with Crippen LogP contribution >= 0.6 is 0 Å². The first-order valence-electron chi connectivity index (χ1n) is 6.42. The zero-order valence-corrected chi connectivity index (χ0v) is 10.9. The molecule has 1 aliphatic rings. The number of halogens is 1. The summed E-state index contributed by atoms with van der Waals surface area (Å²) in [6, 6.07) is 2.61. The monoisotopic (exact) mass is 267 g/mol. The molecule has 6 heteroatoms. The van der Waals surface area contributed by atoms with E-state index in [4.69, 9.17) is 4.74 Å². The van der Waals surface area contributed by atoms with Gasteiger partial charge in [-0.1, -0.05) is 6.92 Å². The number of nitrogens with zero attached hydrogens (tertiary/aromatic N) is 2. The number of morpholine rings is 1. The van der Waals surface area contributed by atoms with Crippen LogP contribution in [0.3, 0.4) is 0 Å². The smallest absolute Gasteiger partial charge is 0.251 e. The van der Waals surface area contributed by atoms with E-state index < -0.39 is 5.95 Å². The molecular formula is C13H18FN3O2. The van der Waals surface area contributed by atoms with Crippen molar-refractivity contribution in [1.29, 1.82) is 0 Å². The number of likely N-dealkylation sites (N-methyl/N-ethyl adjacent to an activating group) is 1. The Balaban J connectivity index is 1.83. The van der Waals surface area contributed by atoms with Gasteiger partial charge in [-0.3, -0.25) is 9.69 Å². The molecule has 1 unspecified atom stereocenters. The Morgan fingerprint density at radius 2 is 2.53 bits per heavy atom. The molecule has 5 nitrogen and oxygen atoms in total. The van der Waals surface area contributed by atoms with E-state index in [2.05, 4.69) is 22.1 Å². The van der Waals surface area contributed by atoms with Gasteiger partial charge >= 0.3 is 0 Å². The summed E-state index contributed by atoms with van der Waals surface area (Å²) in [4.78, 5) is 17.5. The van der Waals surface area contributed by atoms with Gasteiger partial charge in [0.2, 0.25) is 5.95 Å². The highest BCUT2D eigenvalue weighted by Crippen LogP contribution is 2.05. The molecule has 19 heavy (non-hydrogen) atoms. The minimum Gasteiger partial charge on any atom is -0.374 e. The largest absolute Gasteiger partial charge is 0.374 e. The number of rotatable bonds is 4. The van der Waals surface area contributed by atoms with Crippen LogP contribution in [-0.4, -0.2) is 54.7 Å². The van der Waals surface area contributed by atoms with Crippen molar-refractivity contribution >= 4 is 5.91 Å². The highest BCUT2D eigenvalue weighted by Gasteiger charge is 2.20. The molecule has 1 N–H and O–H groups in total. The van der Waals surface area contributed by atoms with Gasteiger partial charge in [-0.15, -0.1) is 0 Å². The van der Waals surface area contributed by atoms with Crippen molar-refractivity contribution in [1.82, 2.24) is 15.2 Å². The molecule has 0 aromatic carbocycles. The minimum absolute atomic E-state index is 0.00988. The first-order valence-corrected chi connectivity index (χ1v) is 6.42. The summed E-state index contributed by atoms with van der Waals surface area (Å²) in [5, 5.41) is 2.76. The number of carbonyl (C=O) groups is 1. The van der Waals surface area contributed by atoms with E-state index in [9.17, 15) is 9.18 Å². The van der Waals surface area contributed by atoms with E-state index in [1.54, 1.807) is 0 Å². The second-order valence-corrected chi connectivity index (χ2v) is 4.46. The summed E-state index contributed by atoms with van der Waals surface area (Å²) in [6.07, 6.45) is 1.27. The molecule has 1 saturated heterocycles. The average Bonchev–Trinajstić information content (AvgIpc) is 2.45. The van der Waals surface area contributed by atoms with Crippen molar-refractivity contribution in [3.63, 3.8) is 0 Å². The molecule has 1 amide bonds. The third-order valence-electron chi connectivity index (χ3n) is 3.15. The molecular weight excluding hydrogens is 249 g/mol. The minimum atomic E-state index is -0.654. The summed E-state index contributed by atoms with van der Waals surface area (Å²) < 4.78 is 18.5. The first-order chi connectivity index (χ1) is 9.19. The molecule has 2 rings (SSSR count). The maximum atomic E-state index is 12.9. The molecule has 1 aliphatic heterocycles. The molecule has 0 radical (unpaired) electrons. The van der Waals surface area contributed by atoms with Crippen molar-refractivity contribution in [2.75, 3.05) is 32.8 Å². The normalized spacial score (nSPS) is 20.2. The fourth-order valence-electron chi connectivity index (χ4n) is 2.04. The number of nitrogens with one attached hydrogen (secondary N) is 1. The molecule has 1 aromatic rings. The van der Waals surface area contributed by atoms with Gasteiger partial charge in [0, 0.05) is 37.5 Å². The third kappa shape index (κ3) is 3.97. The van der Waals surface area contributed by atoms with Crippen LogP contribution in [-0.2, 0) is 4.74 Å². The average molecular weight is 267 g/mol. The van der Waals surface area contributed by atoms with Crippen molar-refractivity contribution in [2.24, 2.45) is 0 Å². The SMILES string of the molecule is CCN1CCOC(CNC(=O)c2ccnc(F)c2)C1. The molecule has 0 spiro atoms. The topological polar surface area (TPSA) is 54.5 Å². The zero-order valence-electron chi connectivity index (χ0n) is 10.9. The number of amides is 1. The summed E-state index contributed by atoms with van der Waals surface area (Å²) in [5.74, 6) is -0.961. The number of carbonyl (C=O) groups excluding carboxylic acids is 1. The Hall–Kier alpha value is -1.53. The molecule has 104 valence electrons. The number of hydrogen-bond donors (Lipinski definition) is 1. The first kappa shape index (κ1) is 13.9. The van der Waals surface area contributed by atoms with Crippen LogP contribution in [0.15, 0.2) is 18.3 Å². The number of pyridine rings is 1. The highest BCUT2D eigenvalue weighted by molar-refractivity contribution is 5.94. The fourth-order valence-corrected chi connectivity index (χ4v) is 2.04. The Kier molecular flexibility index (Phi) is 4.81. The Morgan fingerprint density at radius 3 is 3.26 bits per heavy atom. The zero-order chi connectivity index (χ0) is 13.7. The quantitative estimate of drug-likeness (QED) is 0.815. The van der Waals surface area contributed by atoms with Crippen LogP contribution in [0.1, 0.15) is 17.3 Å². The van der Waals surface area contributed by atoms with E-state index in [-0.39, 0.29) is 17.6 Å². The number of aromatic nitrogens is 1. The molecule has 1 atom stereocenters. The van der Waals surface area contributed by atoms with Gasteiger partial charge in [0.05, 0.1) is 12.7 Å². The van der Waals surface area contributed by atoms with Crippen LogP contribution < -0.4 is 5.32 Å². The maximum Gasteiger partial charge on any atom is 0.251 e. The summed E-state index contributed by atoms with van der Waals surface area (Å²) >= 11 is 0. The van der Waals surface area contributed by atoms with Gasteiger partial charge in [-0.05, 0) is 12.6 Å². The third-order valence-corrected chi connectivity index (χ3v) is 3.15. The van der Waals surface area contributed by atoms with Crippen molar-refractivity contribution in [3.8, 4) is 0 Å². The van der Waals surface area contributed by atoms with E-state index in [1.807, 2.05) is 0 Å². The predicted molar refractivity (Wildman–Crippen MR) is 68.4 cm³/mol. The number of ether oxygens (including phenoxy) is 1. The van der Waals surface area contributed by atoms with Crippen LogP contribution in [0.4, 0.5) is 4.39 Å². The van der Waals surface area contributed by atoms with Crippen LogP contribution in [0, 0.1) is 5.95 Å². The number of hydrogen-bond acceptors (Lipinski definition) is 4. The summed E-state index contributed by atoms with van der Waals surface area (Å²) in [7, 11) is 0. The molecule has 0 saturated carbocycles. The summed E-state index contributed by atoms with van der Waals surface area (Å²) in [5.41, 5.74) is 0.274. The van der Waals surface area contributed by atoms with E-state index in [0.717, 1.165) is 25.7 Å². The lowest BCUT2D eigenvalue weighted by molar-refractivity contribution is -0.0246. The lowest BCUT2D eigenvalue weighted by Gasteiger charge is -2.32. The van der Waals surface area contributed by atoms with E-state index >= 15 is 0 Å². The highest BCUT2D eigenvalue weighted by atomic mass is 19.1. The second kappa shape index (κ2) is 6.58. The Morgan fingerprint density at radius 1 is 1.68 bits per heavy atom. The van der Waals surface area contributed by atoms with E-state index in [1.165, 1.54) is 12.3 Å². The van der Waals surface area contributed by atoms with Crippen LogP contribution in [0.2, 0.25) is 0 Å². The lowest BCUT2D eigenvalue weighted by atomic mass is 10.2. The maximum absolute atomic E-state index is 12.9. The van der Waals surface area contributed by atoms with E-state index in [0.29, 0.717) is 13.2 Å². The van der Waals surface area contributed by atoms with Gasteiger partial charge in [0.25, 0.3) is 5.91 Å². The summed E-state index contributed by atoms with van der Waals surface area (Å²) in [6.45, 7) is 5.92.